The number of hydrogen-bond acceptors (Lipinski definition) is 3. The molecule has 0 radical (unpaired) electrons. The third-order valence-corrected chi connectivity index (χ3v) is 4.42. The number of H-pyrrole nitrogens is 1. The summed E-state index contributed by atoms with van der Waals surface area (Å²) in [7, 11) is -3.73. The fourth-order valence-electron chi connectivity index (χ4n) is 1.47. The van der Waals surface area contributed by atoms with Crippen LogP contribution in [0.15, 0.2) is 39.8 Å². The van der Waals surface area contributed by atoms with Crippen LogP contribution in [0.1, 0.15) is 5.69 Å². The smallest absolute Gasteiger partial charge is 0.263 e. The standard InChI is InChI=1S/C11H11BrFN3O2S/c12-10-3-7(13)1-2-11(10)16-19(17,18)9-4-8(5-14)15-6-9/h1-4,6,15-16H,5,14H2. The molecule has 102 valence electrons. The quantitative estimate of drug-likeness (QED) is 0.791. The van der Waals surface area contributed by atoms with E-state index in [0.29, 0.717) is 10.2 Å². The third kappa shape index (κ3) is 3.14. The molecule has 0 fully saturated rings. The van der Waals surface area contributed by atoms with E-state index in [2.05, 4.69) is 25.6 Å². The maximum Gasteiger partial charge on any atom is 0.263 e. The zero-order chi connectivity index (χ0) is 14.0. The molecule has 0 bridgehead atoms. The molecule has 8 heteroatoms. The average Bonchev–Trinajstić information content (AvgIpc) is 2.82. The van der Waals surface area contributed by atoms with Gasteiger partial charge in [0.05, 0.1) is 5.69 Å². The first-order valence-electron chi connectivity index (χ1n) is 5.27. The molecule has 2 aromatic rings. The third-order valence-electron chi connectivity index (χ3n) is 2.42. The molecule has 0 atom stereocenters. The molecule has 2 rings (SSSR count). The summed E-state index contributed by atoms with van der Waals surface area (Å²) in [5.74, 6) is -0.457. The van der Waals surface area contributed by atoms with Gasteiger partial charge in [0, 0.05) is 22.9 Å². The Labute approximate surface area is 118 Å². The fourth-order valence-corrected chi connectivity index (χ4v) is 3.15. The van der Waals surface area contributed by atoms with Crippen LogP contribution in [0.2, 0.25) is 0 Å². The maximum atomic E-state index is 12.9. The lowest BCUT2D eigenvalue weighted by molar-refractivity contribution is 0.601. The molecule has 4 N–H and O–H groups in total. The summed E-state index contributed by atoms with van der Waals surface area (Å²) < 4.78 is 39.8. The molecule has 19 heavy (non-hydrogen) atoms. The fraction of sp³-hybridized carbons (Fsp3) is 0.0909. The molecule has 1 aromatic carbocycles. The van der Waals surface area contributed by atoms with Crippen LogP contribution in [0, 0.1) is 5.82 Å². The number of anilines is 1. The average molecular weight is 348 g/mol. The molecule has 5 nitrogen and oxygen atoms in total. The van der Waals surface area contributed by atoms with Crippen molar-refractivity contribution < 1.29 is 12.8 Å². The topological polar surface area (TPSA) is 88.0 Å². The molecular formula is C11H11BrFN3O2S. The van der Waals surface area contributed by atoms with Gasteiger partial charge in [-0.2, -0.15) is 0 Å². The van der Waals surface area contributed by atoms with Crippen molar-refractivity contribution in [1.82, 2.24) is 4.98 Å². The van der Waals surface area contributed by atoms with E-state index in [0.717, 1.165) is 0 Å². The highest BCUT2D eigenvalue weighted by Gasteiger charge is 2.17. The van der Waals surface area contributed by atoms with Gasteiger partial charge in [0.15, 0.2) is 0 Å². The minimum atomic E-state index is -3.73. The van der Waals surface area contributed by atoms with Crippen LogP contribution in [0.25, 0.3) is 0 Å². The van der Waals surface area contributed by atoms with Crippen LogP contribution >= 0.6 is 15.9 Å². The van der Waals surface area contributed by atoms with E-state index in [4.69, 9.17) is 5.73 Å². The number of hydrogen-bond donors (Lipinski definition) is 3. The van der Waals surface area contributed by atoms with E-state index in [1.54, 1.807) is 0 Å². The Morgan fingerprint density at radius 3 is 2.68 bits per heavy atom. The Morgan fingerprint density at radius 2 is 2.11 bits per heavy atom. The lowest BCUT2D eigenvalue weighted by Crippen LogP contribution is -2.12. The minimum absolute atomic E-state index is 0.0733. The van der Waals surface area contributed by atoms with Gasteiger partial charge >= 0.3 is 0 Å². The molecule has 0 amide bonds. The van der Waals surface area contributed by atoms with E-state index in [9.17, 15) is 12.8 Å². The van der Waals surface area contributed by atoms with Gasteiger partial charge in [0.2, 0.25) is 0 Å². The predicted octanol–water partition coefficient (Wildman–Crippen LogP) is 2.18. The van der Waals surface area contributed by atoms with Gasteiger partial charge in [-0.05, 0) is 40.2 Å². The van der Waals surface area contributed by atoms with E-state index in [1.807, 2.05) is 0 Å². The largest absolute Gasteiger partial charge is 0.363 e. The highest BCUT2D eigenvalue weighted by molar-refractivity contribution is 9.10. The van der Waals surface area contributed by atoms with Gasteiger partial charge in [-0.25, -0.2) is 12.8 Å². The molecule has 0 saturated carbocycles. The van der Waals surface area contributed by atoms with E-state index in [-0.39, 0.29) is 17.1 Å². The van der Waals surface area contributed by atoms with Crippen molar-refractivity contribution in [3.05, 3.63) is 46.4 Å². The Balaban J connectivity index is 2.30. The normalized spacial score (nSPS) is 11.5. The molecule has 0 aliphatic rings. The molecule has 0 saturated heterocycles. The Bertz CT molecular complexity index is 700. The van der Waals surface area contributed by atoms with Gasteiger partial charge in [-0.3, -0.25) is 4.72 Å². The number of benzene rings is 1. The van der Waals surface area contributed by atoms with E-state index >= 15 is 0 Å². The van der Waals surface area contributed by atoms with Crippen LogP contribution in [-0.2, 0) is 16.6 Å². The Morgan fingerprint density at radius 1 is 1.37 bits per heavy atom. The van der Waals surface area contributed by atoms with E-state index < -0.39 is 15.8 Å². The first-order chi connectivity index (χ1) is 8.92. The van der Waals surface area contributed by atoms with Gasteiger partial charge < -0.3 is 10.7 Å². The summed E-state index contributed by atoms with van der Waals surface area (Å²) in [6, 6.07) is 5.14. The van der Waals surface area contributed by atoms with Crippen molar-refractivity contribution in [2.24, 2.45) is 5.73 Å². The zero-order valence-electron chi connectivity index (χ0n) is 9.65. The van der Waals surface area contributed by atoms with Crippen molar-refractivity contribution in [2.75, 3.05) is 4.72 Å². The Kier molecular flexibility index (Phi) is 3.93. The number of halogens is 2. The molecule has 0 unspecified atom stereocenters. The minimum Gasteiger partial charge on any atom is -0.363 e. The number of rotatable bonds is 4. The molecule has 0 aliphatic carbocycles. The molecule has 0 spiro atoms. The summed E-state index contributed by atoms with van der Waals surface area (Å²) in [6.45, 7) is 0.218. The SMILES string of the molecule is NCc1cc(S(=O)(=O)Nc2ccc(F)cc2Br)c[nH]1. The van der Waals surface area contributed by atoms with Crippen molar-refractivity contribution in [3.63, 3.8) is 0 Å². The molecule has 1 heterocycles. The number of aromatic amines is 1. The van der Waals surface area contributed by atoms with Crippen LogP contribution in [-0.4, -0.2) is 13.4 Å². The summed E-state index contributed by atoms with van der Waals surface area (Å²) >= 11 is 3.10. The predicted molar refractivity (Wildman–Crippen MR) is 73.6 cm³/mol. The summed E-state index contributed by atoms with van der Waals surface area (Å²) in [5, 5.41) is 0. The summed E-state index contributed by atoms with van der Waals surface area (Å²) in [4.78, 5) is 2.83. The lowest BCUT2D eigenvalue weighted by Gasteiger charge is -2.08. The van der Waals surface area contributed by atoms with Gasteiger partial charge in [0.25, 0.3) is 10.0 Å². The lowest BCUT2D eigenvalue weighted by atomic mass is 10.3. The highest BCUT2D eigenvalue weighted by atomic mass is 79.9. The highest BCUT2D eigenvalue weighted by Crippen LogP contribution is 2.25. The van der Waals surface area contributed by atoms with Crippen molar-refractivity contribution in [2.45, 2.75) is 11.4 Å². The molecule has 1 aromatic heterocycles. The van der Waals surface area contributed by atoms with Crippen LogP contribution in [0.5, 0.6) is 0 Å². The second kappa shape index (κ2) is 5.32. The van der Waals surface area contributed by atoms with Crippen molar-refractivity contribution in [3.8, 4) is 0 Å². The van der Waals surface area contributed by atoms with Gasteiger partial charge in [-0.1, -0.05) is 0 Å². The second-order valence-electron chi connectivity index (χ2n) is 3.79. The van der Waals surface area contributed by atoms with Crippen LogP contribution in [0.4, 0.5) is 10.1 Å². The molecule has 0 aliphatic heterocycles. The first-order valence-corrected chi connectivity index (χ1v) is 7.55. The van der Waals surface area contributed by atoms with Crippen LogP contribution in [0.3, 0.4) is 0 Å². The van der Waals surface area contributed by atoms with Crippen LogP contribution < -0.4 is 10.5 Å². The monoisotopic (exact) mass is 347 g/mol. The summed E-state index contributed by atoms with van der Waals surface area (Å²) in [5.41, 5.74) is 6.27. The Hall–Kier alpha value is -1.38. The zero-order valence-corrected chi connectivity index (χ0v) is 12.1. The number of aromatic nitrogens is 1. The van der Waals surface area contributed by atoms with Gasteiger partial charge in [-0.15, -0.1) is 0 Å². The number of nitrogens with two attached hydrogens (primary N) is 1. The second-order valence-corrected chi connectivity index (χ2v) is 6.33. The summed E-state index contributed by atoms with van der Waals surface area (Å²) in [6.07, 6.45) is 1.35. The first kappa shape index (κ1) is 14.0. The maximum absolute atomic E-state index is 12.9. The van der Waals surface area contributed by atoms with Gasteiger partial charge in [0.1, 0.15) is 10.7 Å². The van der Waals surface area contributed by atoms with Crippen molar-refractivity contribution in [1.29, 1.82) is 0 Å². The van der Waals surface area contributed by atoms with E-state index in [1.165, 1.54) is 30.5 Å². The molecular weight excluding hydrogens is 337 g/mol. The number of nitrogens with one attached hydrogen (secondary N) is 2. The van der Waals surface area contributed by atoms with Crippen molar-refractivity contribution >= 4 is 31.6 Å². The number of sulfonamides is 1.